The lowest BCUT2D eigenvalue weighted by Gasteiger charge is -1.94. The average Bonchev–Trinajstić information content (AvgIpc) is 2.87. The molecule has 0 amide bonds. The zero-order valence-corrected chi connectivity index (χ0v) is 11.3. The van der Waals surface area contributed by atoms with Crippen molar-refractivity contribution in [2.24, 2.45) is 0 Å². The van der Waals surface area contributed by atoms with Crippen molar-refractivity contribution in [2.45, 2.75) is 12.8 Å². The first-order valence-corrected chi connectivity index (χ1v) is 6.69. The van der Waals surface area contributed by atoms with Gasteiger partial charge in [-0.2, -0.15) is 0 Å². The van der Waals surface area contributed by atoms with Crippen LogP contribution in [0.15, 0.2) is 20.3 Å². The standard InChI is InChI=1S/C10H12BrN3OS/c1-12-5-2-3-8-13-14-10(15-8)9-7(11)4-6-16-9/h4,6,12H,2-3,5H2,1H3. The van der Waals surface area contributed by atoms with Crippen LogP contribution in [0.4, 0.5) is 0 Å². The second kappa shape index (κ2) is 5.56. The summed E-state index contributed by atoms with van der Waals surface area (Å²) in [6.07, 6.45) is 1.82. The average molecular weight is 302 g/mol. The molecule has 0 saturated heterocycles. The van der Waals surface area contributed by atoms with Gasteiger partial charge >= 0.3 is 0 Å². The minimum Gasteiger partial charge on any atom is -0.420 e. The third-order valence-electron chi connectivity index (χ3n) is 2.10. The Labute approximate surface area is 106 Å². The molecule has 0 atom stereocenters. The highest BCUT2D eigenvalue weighted by Gasteiger charge is 2.12. The number of aromatic nitrogens is 2. The van der Waals surface area contributed by atoms with Crippen LogP contribution in [0.1, 0.15) is 12.3 Å². The SMILES string of the molecule is CNCCCc1nnc(-c2sccc2Br)o1. The van der Waals surface area contributed by atoms with E-state index in [2.05, 4.69) is 31.4 Å². The Morgan fingerprint density at radius 1 is 1.50 bits per heavy atom. The molecule has 0 unspecified atom stereocenters. The van der Waals surface area contributed by atoms with E-state index < -0.39 is 0 Å². The van der Waals surface area contributed by atoms with Gasteiger partial charge in [0.15, 0.2) is 0 Å². The molecule has 0 bridgehead atoms. The van der Waals surface area contributed by atoms with Gasteiger partial charge < -0.3 is 9.73 Å². The van der Waals surface area contributed by atoms with E-state index in [1.165, 1.54) is 0 Å². The summed E-state index contributed by atoms with van der Waals surface area (Å²) in [7, 11) is 1.93. The number of rotatable bonds is 5. The van der Waals surface area contributed by atoms with Crippen LogP contribution in [-0.4, -0.2) is 23.8 Å². The highest BCUT2D eigenvalue weighted by molar-refractivity contribution is 9.10. The first-order chi connectivity index (χ1) is 7.81. The van der Waals surface area contributed by atoms with Gasteiger partial charge in [0.2, 0.25) is 5.89 Å². The highest BCUT2D eigenvalue weighted by Crippen LogP contribution is 2.32. The summed E-state index contributed by atoms with van der Waals surface area (Å²) >= 11 is 5.04. The number of nitrogens with zero attached hydrogens (tertiary/aromatic N) is 2. The molecule has 0 aliphatic rings. The molecular weight excluding hydrogens is 290 g/mol. The maximum atomic E-state index is 5.59. The topological polar surface area (TPSA) is 51.0 Å². The zero-order chi connectivity index (χ0) is 11.4. The fourth-order valence-electron chi connectivity index (χ4n) is 1.31. The van der Waals surface area contributed by atoms with Crippen molar-refractivity contribution in [3.8, 4) is 10.8 Å². The van der Waals surface area contributed by atoms with Gasteiger partial charge in [0.05, 0.1) is 0 Å². The number of nitrogens with one attached hydrogen (secondary N) is 1. The summed E-state index contributed by atoms with van der Waals surface area (Å²) in [6.45, 7) is 0.959. The van der Waals surface area contributed by atoms with Crippen molar-refractivity contribution in [1.29, 1.82) is 0 Å². The van der Waals surface area contributed by atoms with Gasteiger partial charge in [-0.05, 0) is 47.4 Å². The van der Waals surface area contributed by atoms with Crippen molar-refractivity contribution < 1.29 is 4.42 Å². The molecular formula is C10H12BrN3OS. The molecule has 4 nitrogen and oxygen atoms in total. The molecule has 6 heteroatoms. The van der Waals surface area contributed by atoms with Gasteiger partial charge in [-0.25, -0.2) is 0 Å². The van der Waals surface area contributed by atoms with E-state index in [0.717, 1.165) is 28.7 Å². The summed E-state index contributed by atoms with van der Waals surface area (Å²) in [5.74, 6) is 1.30. The summed E-state index contributed by atoms with van der Waals surface area (Å²) in [4.78, 5) is 0.993. The van der Waals surface area contributed by atoms with Crippen molar-refractivity contribution in [1.82, 2.24) is 15.5 Å². The maximum Gasteiger partial charge on any atom is 0.258 e. The zero-order valence-electron chi connectivity index (χ0n) is 8.86. The minimum atomic E-state index is 0.598. The van der Waals surface area contributed by atoms with Crippen LogP contribution < -0.4 is 5.32 Å². The van der Waals surface area contributed by atoms with E-state index >= 15 is 0 Å². The van der Waals surface area contributed by atoms with E-state index in [4.69, 9.17) is 4.42 Å². The van der Waals surface area contributed by atoms with Crippen LogP contribution in [0.3, 0.4) is 0 Å². The van der Waals surface area contributed by atoms with E-state index in [0.29, 0.717) is 11.8 Å². The first-order valence-electron chi connectivity index (χ1n) is 5.01. The Bertz CT molecular complexity index is 454. The Morgan fingerprint density at radius 2 is 2.38 bits per heavy atom. The quantitative estimate of drug-likeness (QED) is 0.863. The molecule has 2 aromatic heterocycles. The van der Waals surface area contributed by atoms with E-state index in [-0.39, 0.29) is 0 Å². The molecule has 2 rings (SSSR count). The van der Waals surface area contributed by atoms with Crippen LogP contribution in [-0.2, 0) is 6.42 Å². The molecule has 86 valence electrons. The lowest BCUT2D eigenvalue weighted by atomic mass is 10.3. The Kier molecular flexibility index (Phi) is 4.09. The Balaban J connectivity index is 2.05. The molecule has 0 fully saturated rings. The molecule has 2 heterocycles. The van der Waals surface area contributed by atoms with Crippen LogP contribution >= 0.6 is 27.3 Å². The second-order valence-electron chi connectivity index (χ2n) is 3.31. The molecule has 16 heavy (non-hydrogen) atoms. The molecule has 0 aliphatic heterocycles. The Morgan fingerprint density at radius 3 is 3.06 bits per heavy atom. The predicted octanol–water partition coefficient (Wildman–Crippen LogP) is 2.71. The van der Waals surface area contributed by atoms with Gasteiger partial charge in [0.1, 0.15) is 4.88 Å². The van der Waals surface area contributed by atoms with Crippen LogP contribution in [0.25, 0.3) is 10.8 Å². The van der Waals surface area contributed by atoms with Gasteiger partial charge in [0.25, 0.3) is 5.89 Å². The van der Waals surface area contributed by atoms with Gasteiger partial charge in [-0.3, -0.25) is 0 Å². The summed E-state index contributed by atoms with van der Waals surface area (Å²) < 4.78 is 6.59. The molecule has 0 radical (unpaired) electrons. The number of hydrogen-bond acceptors (Lipinski definition) is 5. The largest absolute Gasteiger partial charge is 0.420 e. The van der Waals surface area contributed by atoms with Gasteiger partial charge in [-0.1, -0.05) is 0 Å². The van der Waals surface area contributed by atoms with Crippen molar-refractivity contribution in [3.05, 3.63) is 21.8 Å². The van der Waals surface area contributed by atoms with Crippen LogP contribution in [0, 0.1) is 0 Å². The smallest absolute Gasteiger partial charge is 0.258 e. The molecule has 0 aromatic carbocycles. The van der Waals surface area contributed by atoms with E-state index in [9.17, 15) is 0 Å². The maximum absolute atomic E-state index is 5.59. The third kappa shape index (κ3) is 2.69. The van der Waals surface area contributed by atoms with Crippen molar-refractivity contribution >= 4 is 27.3 Å². The highest BCUT2D eigenvalue weighted by atomic mass is 79.9. The third-order valence-corrected chi connectivity index (χ3v) is 3.92. The number of hydrogen-bond donors (Lipinski definition) is 1. The monoisotopic (exact) mass is 301 g/mol. The van der Waals surface area contributed by atoms with Crippen LogP contribution in [0.5, 0.6) is 0 Å². The molecule has 2 aromatic rings. The van der Waals surface area contributed by atoms with Crippen molar-refractivity contribution in [2.75, 3.05) is 13.6 Å². The molecule has 1 N–H and O–H groups in total. The fraction of sp³-hybridized carbons (Fsp3) is 0.400. The predicted molar refractivity (Wildman–Crippen MR) is 67.6 cm³/mol. The summed E-state index contributed by atoms with van der Waals surface area (Å²) in [5.41, 5.74) is 0. The summed E-state index contributed by atoms with van der Waals surface area (Å²) in [6, 6.07) is 1.98. The van der Waals surface area contributed by atoms with Gasteiger partial charge in [0, 0.05) is 10.9 Å². The number of thiophene rings is 1. The number of aryl methyl sites for hydroxylation is 1. The summed E-state index contributed by atoms with van der Waals surface area (Å²) in [5, 5.41) is 13.1. The van der Waals surface area contributed by atoms with Crippen molar-refractivity contribution in [3.63, 3.8) is 0 Å². The fourth-order valence-corrected chi connectivity index (χ4v) is 2.77. The second-order valence-corrected chi connectivity index (χ2v) is 5.08. The minimum absolute atomic E-state index is 0.598. The molecule has 0 aliphatic carbocycles. The van der Waals surface area contributed by atoms with Crippen LogP contribution in [0.2, 0.25) is 0 Å². The Hall–Kier alpha value is -0.720. The lowest BCUT2D eigenvalue weighted by molar-refractivity contribution is 0.495. The van der Waals surface area contributed by atoms with Gasteiger partial charge in [-0.15, -0.1) is 21.5 Å². The lowest BCUT2D eigenvalue weighted by Crippen LogP contribution is -2.08. The molecule has 0 saturated carbocycles. The molecule has 0 spiro atoms. The van der Waals surface area contributed by atoms with E-state index in [1.54, 1.807) is 11.3 Å². The first kappa shape index (κ1) is 11.8. The normalized spacial score (nSPS) is 10.9. The number of halogens is 1. The van der Waals surface area contributed by atoms with E-state index in [1.807, 2.05) is 18.5 Å².